The Hall–Kier alpha value is -1.58. The molecule has 1 aromatic carbocycles. The molecule has 1 unspecified atom stereocenters. The highest BCUT2D eigenvalue weighted by Gasteiger charge is 2.29. The predicted molar refractivity (Wildman–Crippen MR) is 97.3 cm³/mol. The fraction of sp³-hybridized carbons (Fsp3) is 0.500. The van der Waals surface area contributed by atoms with Crippen LogP contribution in [0.2, 0.25) is 0 Å². The summed E-state index contributed by atoms with van der Waals surface area (Å²) < 4.78 is 25.2. The molecule has 0 aliphatic carbocycles. The van der Waals surface area contributed by atoms with Crippen LogP contribution in [0.3, 0.4) is 0 Å². The van der Waals surface area contributed by atoms with Crippen LogP contribution in [0, 0.1) is 0 Å². The fourth-order valence-electron chi connectivity index (χ4n) is 2.88. The van der Waals surface area contributed by atoms with E-state index in [1.54, 1.807) is 24.0 Å². The monoisotopic (exact) mass is 383 g/mol. The van der Waals surface area contributed by atoms with Crippen LogP contribution in [0.1, 0.15) is 24.2 Å². The van der Waals surface area contributed by atoms with E-state index in [9.17, 15) is 18.0 Å². The van der Waals surface area contributed by atoms with Gasteiger partial charge in [0, 0.05) is 36.6 Å². The van der Waals surface area contributed by atoms with Crippen molar-refractivity contribution in [1.29, 1.82) is 0 Å². The number of carbonyl (C=O) groups excluding carboxylic acids is 2. The lowest BCUT2D eigenvalue weighted by Crippen LogP contribution is -2.50. The molecule has 0 aromatic heterocycles. The highest BCUT2D eigenvalue weighted by molar-refractivity contribution is 8.01. The quantitative estimate of drug-likeness (QED) is 0.848. The van der Waals surface area contributed by atoms with E-state index >= 15 is 0 Å². The number of hydrogen-bond donors (Lipinski definition) is 1. The second kappa shape index (κ2) is 6.97. The van der Waals surface area contributed by atoms with Crippen LogP contribution < -0.4 is 5.32 Å². The average Bonchev–Trinajstić information content (AvgIpc) is 2.62. The lowest BCUT2D eigenvalue weighted by atomic mass is 10.1. The molecule has 1 N–H and O–H groups in total. The van der Waals surface area contributed by atoms with Gasteiger partial charge in [0.1, 0.15) is 0 Å². The predicted octanol–water partition coefficient (Wildman–Crippen LogP) is 1.23. The average molecular weight is 383 g/mol. The Morgan fingerprint density at radius 3 is 2.60 bits per heavy atom. The fourth-order valence-corrected chi connectivity index (χ4v) is 4.89. The van der Waals surface area contributed by atoms with E-state index in [2.05, 4.69) is 5.32 Å². The van der Waals surface area contributed by atoms with Gasteiger partial charge in [-0.05, 0) is 32.0 Å². The number of thioether (sulfide) groups is 1. The van der Waals surface area contributed by atoms with Crippen molar-refractivity contribution in [3.8, 4) is 0 Å². The molecule has 1 aromatic rings. The standard InChI is InChI=1S/C16H21N3O4S2/c1-3-25(22,23)19-8-6-18(7-9-19)16(21)12-4-5-14-13(10-12)17-15(20)11(2)24-14/h4-5,10-11H,3,6-9H2,1-2H3,(H,17,20). The molecule has 3 rings (SSSR count). The van der Waals surface area contributed by atoms with Gasteiger partial charge in [-0.2, -0.15) is 4.31 Å². The summed E-state index contributed by atoms with van der Waals surface area (Å²) >= 11 is 1.47. The molecule has 2 heterocycles. The van der Waals surface area contributed by atoms with Crippen molar-refractivity contribution >= 4 is 39.3 Å². The van der Waals surface area contributed by atoms with Crippen LogP contribution in [-0.2, 0) is 14.8 Å². The first-order valence-electron chi connectivity index (χ1n) is 8.20. The lowest BCUT2D eigenvalue weighted by Gasteiger charge is -2.34. The van der Waals surface area contributed by atoms with Gasteiger partial charge in [-0.25, -0.2) is 8.42 Å². The summed E-state index contributed by atoms with van der Waals surface area (Å²) in [5, 5.41) is 2.67. The second-order valence-electron chi connectivity index (χ2n) is 6.05. The molecule has 9 heteroatoms. The van der Waals surface area contributed by atoms with Crippen molar-refractivity contribution in [2.45, 2.75) is 24.0 Å². The number of amides is 2. The molecule has 7 nitrogen and oxygen atoms in total. The zero-order valence-electron chi connectivity index (χ0n) is 14.2. The Labute approximate surface area is 151 Å². The van der Waals surface area contributed by atoms with E-state index in [4.69, 9.17) is 0 Å². The van der Waals surface area contributed by atoms with Crippen LogP contribution in [0.15, 0.2) is 23.1 Å². The summed E-state index contributed by atoms with van der Waals surface area (Å²) in [5.41, 5.74) is 1.16. The maximum atomic E-state index is 12.7. The number of nitrogens with zero attached hydrogens (tertiary/aromatic N) is 2. The van der Waals surface area contributed by atoms with Crippen LogP contribution >= 0.6 is 11.8 Å². The number of rotatable bonds is 3. The van der Waals surface area contributed by atoms with E-state index < -0.39 is 10.0 Å². The summed E-state index contributed by atoms with van der Waals surface area (Å²) in [7, 11) is -3.21. The summed E-state index contributed by atoms with van der Waals surface area (Å²) in [6, 6.07) is 5.30. The van der Waals surface area contributed by atoms with Crippen molar-refractivity contribution in [3.05, 3.63) is 23.8 Å². The van der Waals surface area contributed by atoms with Crippen LogP contribution in [-0.4, -0.2) is 66.6 Å². The molecule has 0 bridgehead atoms. The van der Waals surface area contributed by atoms with Gasteiger partial charge >= 0.3 is 0 Å². The van der Waals surface area contributed by atoms with Gasteiger partial charge in [-0.15, -0.1) is 11.8 Å². The molecule has 2 aliphatic rings. The Morgan fingerprint density at radius 2 is 1.96 bits per heavy atom. The van der Waals surface area contributed by atoms with Crippen LogP contribution in [0.5, 0.6) is 0 Å². The van der Waals surface area contributed by atoms with E-state index in [-0.39, 0.29) is 22.8 Å². The number of sulfonamides is 1. The Bertz CT molecular complexity index is 802. The summed E-state index contributed by atoms with van der Waals surface area (Å²) in [6.07, 6.45) is 0. The molecule has 136 valence electrons. The maximum Gasteiger partial charge on any atom is 0.254 e. The van der Waals surface area contributed by atoms with Gasteiger partial charge in [0.2, 0.25) is 15.9 Å². The molecule has 0 saturated carbocycles. The molecule has 0 spiro atoms. The molecule has 2 amide bonds. The zero-order valence-corrected chi connectivity index (χ0v) is 15.8. The van der Waals surface area contributed by atoms with Crippen molar-refractivity contribution in [2.24, 2.45) is 0 Å². The second-order valence-corrected chi connectivity index (χ2v) is 9.69. The SMILES string of the molecule is CCS(=O)(=O)N1CCN(C(=O)c2ccc3c(c2)NC(=O)C(C)S3)CC1. The van der Waals surface area contributed by atoms with Gasteiger partial charge < -0.3 is 10.2 Å². The minimum absolute atomic E-state index is 0.0690. The van der Waals surface area contributed by atoms with E-state index in [1.165, 1.54) is 16.1 Å². The van der Waals surface area contributed by atoms with Gasteiger partial charge in [-0.1, -0.05) is 0 Å². The first kappa shape index (κ1) is 18.2. The zero-order chi connectivity index (χ0) is 18.2. The van der Waals surface area contributed by atoms with Crippen molar-refractivity contribution in [1.82, 2.24) is 9.21 Å². The summed E-state index contributed by atoms with van der Waals surface area (Å²) in [4.78, 5) is 27.1. The topological polar surface area (TPSA) is 86.8 Å². The minimum atomic E-state index is -3.21. The van der Waals surface area contributed by atoms with Crippen LogP contribution in [0.25, 0.3) is 0 Å². The smallest absolute Gasteiger partial charge is 0.254 e. The third kappa shape index (κ3) is 3.68. The van der Waals surface area contributed by atoms with Gasteiger partial charge in [0.05, 0.1) is 16.7 Å². The first-order chi connectivity index (χ1) is 11.8. The van der Waals surface area contributed by atoms with E-state index in [1.807, 2.05) is 13.0 Å². The highest BCUT2D eigenvalue weighted by atomic mass is 32.2. The summed E-state index contributed by atoms with van der Waals surface area (Å²) in [5.74, 6) is -0.142. The van der Waals surface area contributed by atoms with Gasteiger partial charge in [0.25, 0.3) is 5.91 Å². The third-order valence-electron chi connectivity index (χ3n) is 4.44. The molecule has 0 radical (unpaired) electrons. The number of anilines is 1. The molecule has 25 heavy (non-hydrogen) atoms. The normalized spacial score (nSPS) is 21.6. The number of fused-ring (bicyclic) bond motifs is 1. The van der Waals surface area contributed by atoms with Gasteiger partial charge in [-0.3, -0.25) is 9.59 Å². The number of benzene rings is 1. The number of nitrogens with one attached hydrogen (secondary N) is 1. The van der Waals surface area contributed by atoms with E-state index in [0.29, 0.717) is 37.4 Å². The Morgan fingerprint density at radius 1 is 1.28 bits per heavy atom. The molecule has 1 atom stereocenters. The molecule has 1 fully saturated rings. The maximum absolute atomic E-state index is 12.7. The van der Waals surface area contributed by atoms with Crippen molar-refractivity contribution in [3.63, 3.8) is 0 Å². The molecular formula is C16H21N3O4S2. The minimum Gasteiger partial charge on any atom is -0.336 e. The first-order valence-corrected chi connectivity index (χ1v) is 10.7. The number of hydrogen-bond acceptors (Lipinski definition) is 5. The van der Waals surface area contributed by atoms with Gasteiger partial charge in [0.15, 0.2) is 0 Å². The highest BCUT2D eigenvalue weighted by Crippen LogP contribution is 2.36. The van der Waals surface area contributed by atoms with Crippen molar-refractivity contribution < 1.29 is 18.0 Å². The van der Waals surface area contributed by atoms with Crippen molar-refractivity contribution in [2.75, 3.05) is 37.2 Å². The Balaban J connectivity index is 1.71. The number of piperazine rings is 1. The van der Waals surface area contributed by atoms with Crippen LogP contribution in [0.4, 0.5) is 5.69 Å². The third-order valence-corrected chi connectivity index (χ3v) is 7.50. The van der Waals surface area contributed by atoms with E-state index in [0.717, 1.165) is 4.90 Å². The molecule has 1 saturated heterocycles. The lowest BCUT2D eigenvalue weighted by molar-refractivity contribution is -0.115. The summed E-state index contributed by atoms with van der Waals surface area (Å²) in [6.45, 7) is 4.83. The Kier molecular flexibility index (Phi) is 5.08. The largest absolute Gasteiger partial charge is 0.336 e. The molecule has 2 aliphatic heterocycles. The number of carbonyl (C=O) groups is 2. The molecular weight excluding hydrogens is 362 g/mol.